The number of nitrogens with one attached hydrogen (secondary N) is 1. The van der Waals surface area contributed by atoms with Crippen molar-refractivity contribution in [2.75, 3.05) is 13.1 Å². The van der Waals surface area contributed by atoms with Crippen LogP contribution in [0.2, 0.25) is 15.1 Å². The van der Waals surface area contributed by atoms with Crippen molar-refractivity contribution in [1.82, 2.24) is 5.32 Å². The van der Waals surface area contributed by atoms with Gasteiger partial charge in [0.15, 0.2) is 0 Å². The van der Waals surface area contributed by atoms with E-state index in [0.29, 0.717) is 32.7 Å². The topological polar surface area (TPSA) is 21.3 Å². The van der Waals surface area contributed by atoms with E-state index in [1.807, 2.05) is 0 Å². The van der Waals surface area contributed by atoms with Crippen molar-refractivity contribution in [2.24, 2.45) is 11.8 Å². The lowest BCUT2D eigenvalue weighted by Gasteiger charge is -2.24. The average molecular weight is 339 g/mol. The summed E-state index contributed by atoms with van der Waals surface area (Å²) in [5.74, 6) is 1.54. The van der Waals surface area contributed by atoms with Crippen molar-refractivity contribution in [3.05, 3.63) is 27.2 Å². The van der Waals surface area contributed by atoms with Crippen LogP contribution in [0.3, 0.4) is 0 Å². The van der Waals surface area contributed by atoms with E-state index in [1.165, 1.54) is 0 Å². The summed E-state index contributed by atoms with van der Waals surface area (Å²) in [5.41, 5.74) is 0. The van der Waals surface area contributed by atoms with Gasteiger partial charge in [-0.05, 0) is 24.4 Å². The van der Waals surface area contributed by atoms with E-state index in [9.17, 15) is 0 Å². The summed E-state index contributed by atoms with van der Waals surface area (Å²) < 4.78 is 5.99. The molecule has 0 heterocycles. The van der Waals surface area contributed by atoms with Gasteiger partial charge in [0.2, 0.25) is 0 Å². The molecule has 5 heteroatoms. The third-order valence-electron chi connectivity index (χ3n) is 2.89. The Hall–Kier alpha value is -0.150. The first-order valence-electron chi connectivity index (χ1n) is 6.83. The van der Waals surface area contributed by atoms with Gasteiger partial charge in [0.25, 0.3) is 0 Å². The van der Waals surface area contributed by atoms with Crippen molar-refractivity contribution in [2.45, 2.75) is 33.8 Å². The molecule has 0 amide bonds. The normalized spacial score (nSPS) is 13.1. The molecule has 1 rings (SSSR count). The average Bonchev–Trinajstić information content (AvgIpc) is 2.33. The quantitative estimate of drug-likeness (QED) is 0.681. The van der Waals surface area contributed by atoms with Gasteiger partial charge in [-0.1, -0.05) is 62.5 Å². The lowest BCUT2D eigenvalue weighted by molar-refractivity contribution is 0.148. The molecule has 0 aliphatic heterocycles. The van der Waals surface area contributed by atoms with Crippen molar-refractivity contribution in [3.63, 3.8) is 0 Å². The molecule has 0 aliphatic carbocycles. The molecule has 0 saturated heterocycles. The summed E-state index contributed by atoms with van der Waals surface area (Å²) in [4.78, 5) is 0. The van der Waals surface area contributed by atoms with Gasteiger partial charge >= 0.3 is 0 Å². The molecule has 1 unspecified atom stereocenters. The predicted molar refractivity (Wildman–Crippen MR) is 88.4 cm³/mol. The van der Waals surface area contributed by atoms with E-state index in [1.54, 1.807) is 12.1 Å². The molecule has 2 nitrogen and oxygen atoms in total. The van der Waals surface area contributed by atoms with Gasteiger partial charge in [0.05, 0.1) is 15.1 Å². The van der Waals surface area contributed by atoms with Gasteiger partial charge < -0.3 is 10.1 Å². The maximum absolute atomic E-state index is 6.15. The Morgan fingerprint density at radius 1 is 0.950 bits per heavy atom. The van der Waals surface area contributed by atoms with Crippen molar-refractivity contribution in [1.29, 1.82) is 0 Å². The molecule has 1 atom stereocenters. The van der Waals surface area contributed by atoms with Crippen LogP contribution in [0, 0.1) is 11.8 Å². The van der Waals surface area contributed by atoms with Gasteiger partial charge in [-0.15, -0.1) is 0 Å². The molecule has 0 aromatic heterocycles. The van der Waals surface area contributed by atoms with Crippen LogP contribution in [0.4, 0.5) is 0 Å². The van der Waals surface area contributed by atoms with Crippen LogP contribution in [-0.4, -0.2) is 19.2 Å². The zero-order valence-electron chi connectivity index (χ0n) is 12.3. The molecule has 0 spiro atoms. The summed E-state index contributed by atoms with van der Waals surface area (Å²) in [6.45, 7) is 10.3. The van der Waals surface area contributed by atoms with Crippen LogP contribution in [0.5, 0.6) is 5.75 Å². The summed E-state index contributed by atoms with van der Waals surface area (Å²) >= 11 is 18.1. The Morgan fingerprint density at radius 3 is 2.10 bits per heavy atom. The minimum absolute atomic E-state index is 0.0310. The van der Waals surface area contributed by atoms with Crippen LogP contribution in [0.25, 0.3) is 0 Å². The summed E-state index contributed by atoms with van der Waals surface area (Å²) in [5, 5.41) is 4.77. The Bertz CT molecular complexity index is 435. The smallest absolute Gasteiger partial charge is 0.139 e. The maximum Gasteiger partial charge on any atom is 0.139 e. The minimum Gasteiger partial charge on any atom is -0.487 e. The highest BCUT2D eigenvalue weighted by Gasteiger charge is 2.17. The highest BCUT2D eigenvalue weighted by atomic mass is 35.5. The van der Waals surface area contributed by atoms with Crippen LogP contribution in [0.15, 0.2) is 12.1 Å². The summed E-state index contributed by atoms with van der Waals surface area (Å²) in [7, 11) is 0. The number of hydrogen-bond donors (Lipinski definition) is 1. The van der Waals surface area contributed by atoms with E-state index in [4.69, 9.17) is 39.5 Å². The second kappa shape index (κ2) is 8.33. The largest absolute Gasteiger partial charge is 0.487 e. The monoisotopic (exact) mass is 337 g/mol. The molecule has 0 aliphatic rings. The number of rotatable bonds is 7. The second-order valence-electron chi connectivity index (χ2n) is 5.65. The molecule has 1 aromatic carbocycles. The highest BCUT2D eigenvalue weighted by Crippen LogP contribution is 2.34. The Balaban J connectivity index is 2.73. The zero-order valence-corrected chi connectivity index (χ0v) is 14.6. The van der Waals surface area contributed by atoms with Crippen LogP contribution in [0.1, 0.15) is 27.7 Å². The maximum atomic E-state index is 6.15. The first-order valence-corrected chi connectivity index (χ1v) is 7.96. The zero-order chi connectivity index (χ0) is 15.3. The Labute approximate surface area is 136 Å². The first-order chi connectivity index (χ1) is 9.31. The molecule has 0 bridgehead atoms. The standard InChI is InChI=1S/C15H22Cl3NO/c1-9(2)7-19-8-15(10(3)4)20-14-6-12(17)11(16)5-13(14)18/h5-6,9-10,15,19H,7-8H2,1-4H3. The molecule has 0 fully saturated rings. The molecule has 1 aromatic rings. The van der Waals surface area contributed by atoms with Crippen molar-refractivity contribution in [3.8, 4) is 5.75 Å². The van der Waals surface area contributed by atoms with Gasteiger partial charge in [-0.3, -0.25) is 0 Å². The van der Waals surface area contributed by atoms with Gasteiger partial charge in [0.1, 0.15) is 11.9 Å². The predicted octanol–water partition coefficient (Wildman–Crippen LogP) is 5.30. The van der Waals surface area contributed by atoms with E-state index >= 15 is 0 Å². The van der Waals surface area contributed by atoms with E-state index in [-0.39, 0.29) is 6.10 Å². The molecular formula is C15H22Cl3NO. The third-order valence-corrected chi connectivity index (χ3v) is 3.91. The van der Waals surface area contributed by atoms with Crippen LogP contribution < -0.4 is 10.1 Å². The molecule has 0 saturated carbocycles. The number of benzene rings is 1. The Morgan fingerprint density at radius 2 is 1.55 bits per heavy atom. The number of hydrogen-bond acceptors (Lipinski definition) is 2. The fourth-order valence-corrected chi connectivity index (χ4v) is 2.27. The summed E-state index contributed by atoms with van der Waals surface area (Å²) in [6, 6.07) is 3.28. The number of ether oxygens (including phenoxy) is 1. The van der Waals surface area contributed by atoms with E-state index < -0.39 is 0 Å². The summed E-state index contributed by atoms with van der Waals surface area (Å²) in [6.07, 6.45) is 0.0310. The first kappa shape index (κ1) is 17.9. The van der Waals surface area contributed by atoms with Gasteiger partial charge in [-0.25, -0.2) is 0 Å². The lowest BCUT2D eigenvalue weighted by Crippen LogP contribution is -2.37. The van der Waals surface area contributed by atoms with Gasteiger partial charge in [-0.2, -0.15) is 0 Å². The lowest BCUT2D eigenvalue weighted by atomic mass is 10.1. The highest BCUT2D eigenvalue weighted by molar-refractivity contribution is 6.43. The minimum atomic E-state index is 0.0310. The fourth-order valence-electron chi connectivity index (χ4n) is 1.69. The van der Waals surface area contributed by atoms with Gasteiger partial charge in [0, 0.05) is 12.6 Å². The van der Waals surface area contributed by atoms with Crippen LogP contribution >= 0.6 is 34.8 Å². The van der Waals surface area contributed by atoms with E-state index in [2.05, 4.69) is 33.0 Å². The fraction of sp³-hybridized carbons (Fsp3) is 0.600. The molecule has 114 valence electrons. The number of halogens is 3. The van der Waals surface area contributed by atoms with Crippen LogP contribution in [-0.2, 0) is 0 Å². The van der Waals surface area contributed by atoms with Crippen molar-refractivity contribution < 1.29 is 4.74 Å². The van der Waals surface area contributed by atoms with E-state index in [0.717, 1.165) is 13.1 Å². The SMILES string of the molecule is CC(C)CNCC(Oc1cc(Cl)c(Cl)cc1Cl)C(C)C. The third kappa shape index (κ3) is 5.69. The second-order valence-corrected chi connectivity index (χ2v) is 6.87. The molecule has 0 radical (unpaired) electrons. The Kier molecular flexibility index (Phi) is 7.46. The molecular weight excluding hydrogens is 317 g/mol. The molecule has 1 N–H and O–H groups in total. The van der Waals surface area contributed by atoms with Crippen molar-refractivity contribution >= 4 is 34.8 Å². The molecule has 20 heavy (non-hydrogen) atoms.